The smallest absolute Gasteiger partial charge is 0.343 e. The van der Waals surface area contributed by atoms with Gasteiger partial charge in [-0.1, -0.05) is 40.9 Å². The van der Waals surface area contributed by atoms with Crippen LogP contribution in [0, 0.1) is 6.92 Å². The first-order valence-corrected chi connectivity index (χ1v) is 9.49. The molecular formula is C22H16Cl2N2O4. The van der Waals surface area contributed by atoms with Crippen LogP contribution in [0.15, 0.2) is 65.8 Å². The van der Waals surface area contributed by atoms with Crippen LogP contribution in [0.5, 0.6) is 11.5 Å². The summed E-state index contributed by atoms with van der Waals surface area (Å²) >= 11 is 11.6. The molecule has 0 aliphatic heterocycles. The average molecular weight is 443 g/mol. The standard InChI is InChI=1S/C22H16Cl2N2O4/c1-13-3-2-4-15(9-13)22(29)30-17-7-5-14(6-8-17)12-25-26-21(28)16-10-18(23)20(27)19(24)11-16/h2-12,27H,1H3,(H,26,28). The molecule has 0 fully saturated rings. The topological polar surface area (TPSA) is 88.0 Å². The summed E-state index contributed by atoms with van der Waals surface area (Å²) in [7, 11) is 0. The number of hydrazone groups is 1. The fourth-order valence-corrected chi connectivity index (χ4v) is 2.97. The van der Waals surface area contributed by atoms with Gasteiger partial charge in [-0.15, -0.1) is 0 Å². The highest BCUT2D eigenvalue weighted by atomic mass is 35.5. The van der Waals surface area contributed by atoms with Crippen molar-refractivity contribution in [3.05, 3.63) is 93.0 Å². The number of hydrogen-bond donors (Lipinski definition) is 2. The number of rotatable bonds is 5. The normalized spacial score (nSPS) is 10.8. The zero-order valence-electron chi connectivity index (χ0n) is 15.7. The molecule has 0 aliphatic rings. The van der Waals surface area contributed by atoms with E-state index < -0.39 is 11.9 Å². The maximum absolute atomic E-state index is 12.2. The number of hydrogen-bond acceptors (Lipinski definition) is 5. The number of carbonyl (C=O) groups excluding carboxylic acids is 2. The highest BCUT2D eigenvalue weighted by Crippen LogP contribution is 2.32. The number of aryl methyl sites for hydroxylation is 1. The summed E-state index contributed by atoms with van der Waals surface area (Å²) in [6, 6.07) is 16.3. The van der Waals surface area contributed by atoms with E-state index in [9.17, 15) is 14.7 Å². The van der Waals surface area contributed by atoms with Crippen molar-refractivity contribution < 1.29 is 19.4 Å². The fourth-order valence-electron chi connectivity index (χ4n) is 2.49. The lowest BCUT2D eigenvalue weighted by Gasteiger charge is -2.05. The van der Waals surface area contributed by atoms with Crippen molar-refractivity contribution in [1.29, 1.82) is 0 Å². The number of amides is 1. The second-order valence-corrected chi connectivity index (χ2v) is 7.13. The SMILES string of the molecule is Cc1cccc(C(=O)Oc2ccc(C=NNC(=O)c3cc(Cl)c(O)c(Cl)c3)cc2)c1. The summed E-state index contributed by atoms with van der Waals surface area (Å²) < 4.78 is 5.34. The van der Waals surface area contributed by atoms with E-state index in [1.165, 1.54) is 18.3 Å². The van der Waals surface area contributed by atoms with Crippen molar-refractivity contribution in [3.63, 3.8) is 0 Å². The molecule has 0 atom stereocenters. The Bertz CT molecular complexity index is 1110. The lowest BCUT2D eigenvalue weighted by Crippen LogP contribution is -2.17. The molecule has 0 spiro atoms. The van der Waals surface area contributed by atoms with E-state index in [1.54, 1.807) is 42.5 Å². The van der Waals surface area contributed by atoms with Crippen molar-refractivity contribution >= 4 is 41.3 Å². The molecule has 6 nitrogen and oxygen atoms in total. The van der Waals surface area contributed by atoms with Crippen molar-refractivity contribution in [1.82, 2.24) is 5.43 Å². The number of phenolic OH excluding ortho intramolecular Hbond substituents is 1. The van der Waals surface area contributed by atoms with Crippen LogP contribution in [0.4, 0.5) is 0 Å². The van der Waals surface area contributed by atoms with Gasteiger partial charge >= 0.3 is 5.97 Å². The molecule has 0 aliphatic carbocycles. The Morgan fingerprint density at radius 1 is 1.00 bits per heavy atom. The Kier molecular flexibility index (Phi) is 6.72. The Balaban J connectivity index is 1.59. The van der Waals surface area contributed by atoms with Crippen molar-refractivity contribution in [3.8, 4) is 11.5 Å². The largest absolute Gasteiger partial charge is 0.505 e. The minimum atomic E-state index is -0.543. The Hall–Kier alpha value is -3.35. The van der Waals surface area contributed by atoms with Gasteiger partial charge in [-0.2, -0.15) is 5.10 Å². The number of benzene rings is 3. The minimum Gasteiger partial charge on any atom is -0.505 e. The van der Waals surface area contributed by atoms with Gasteiger partial charge in [-0.05, 0) is 61.0 Å². The van der Waals surface area contributed by atoms with Gasteiger partial charge in [-0.25, -0.2) is 10.2 Å². The van der Waals surface area contributed by atoms with E-state index in [2.05, 4.69) is 10.5 Å². The van der Waals surface area contributed by atoms with Crippen molar-refractivity contribution in [2.24, 2.45) is 5.10 Å². The van der Waals surface area contributed by atoms with Gasteiger partial charge in [0.15, 0.2) is 5.75 Å². The molecule has 3 aromatic rings. The molecule has 0 radical (unpaired) electrons. The fraction of sp³-hybridized carbons (Fsp3) is 0.0455. The molecule has 3 aromatic carbocycles. The third kappa shape index (κ3) is 5.37. The van der Waals surface area contributed by atoms with E-state index in [0.717, 1.165) is 5.56 Å². The second kappa shape index (κ2) is 9.43. The summed E-state index contributed by atoms with van der Waals surface area (Å²) in [6.45, 7) is 1.90. The van der Waals surface area contributed by atoms with Crippen LogP contribution >= 0.6 is 23.2 Å². The van der Waals surface area contributed by atoms with E-state index in [1.807, 2.05) is 13.0 Å². The Morgan fingerprint density at radius 3 is 2.30 bits per heavy atom. The number of phenols is 1. The Morgan fingerprint density at radius 2 is 1.67 bits per heavy atom. The zero-order chi connectivity index (χ0) is 21.7. The zero-order valence-corrected chi connectivity index (χ0v) is 17.2. The van der Waals surface area contributed by atoms with Crippen LogP contribution < -0.4 is 10.2 Å². The summed E-state index contributed by atoms with van der Waals surface area (Å²) in [4.78, 5) is 24.3. The molecule has 1 amide bonds. The monoisotopic (exact) mass is 442 g/mol. The van der Waals surface area contributed by atoms with Crippen molar-refractivity contribution in [2.45, 2.75) is 6.92 Å². The quantitative estimate of drug-likeness (QED) is 0.252. The van der Waals surface area contributed by atoms with Crippen molar-refractivity contribution in [2.75, 3.05) is 0 Å². The molecule has 0 heterocycles. The van der Waals surface area contributed by atoms with Crippen LogP contribution in [0.2, 0.25) is 10.0 Å². The summed E-state index contributed by atoms with van der Waals surface area (Å²) in [6.07, 6.45) is 1.42. The molecule has 0 bridgehead atoms. The van der Waals surface area contributed by atoms with E-state index >= 15 is 0 Å². The summed E-state index contributed by atoms with van der Waals surface area (Å²) in [5.41, 5.74) is 4.60. The number of nitrogens with one attached hydrogen (secondary N) is 1. The van der Waals surface area contributed by atoms with Crippen LogP contribution in [-0.2, 0) is 0 Å². The maximum Gasteiger partial charge on any atom is 0.343 e. The predicted octanol–water partition coefficient (Wildman–Crippen LogP) is 4.99. The van der Waals surface area contributed by atoms with Crippen LogP contribution in [0.25, 0.3) is 0 Å². The third-order valence-electron chi connectivity index (χ3n) is 4.00. The predicted molar refractivity (Wildman–Crippen MR) is 116 cm³/mol. The summed E-state index contributed by atoms with van der Waals surface area (Å²) in [5, 5.41) is 13.3. The lowest BCUT2D eigenvalue weighted by atomic mass is 10.1. The molecule has 3 rings (SSSR count). The first kappa shape index (κ1) is 21.4. The molecular weight excluding hydrogens is 427 g/mol. The number of aromatic hydroxyl groups is 1. The first-order valence-electron chi connectivity index (χ1n) is 8.74. The molecule has 8 heteroatoms. The molecule has 0 saturated carbocycles. The van der Waals surface area contributed by atoms with Gasteiger partial charge in [0.25, 0.3) is 5.91 Å². The maximum atomic E-state index is 12.2. The number of esters is 1. The number of ether oxygens (including phenoxy) is 1. The van der Waals surface area contributed by atoms with Gasteiger partial charge in [0.05, 0.1) is 21.8 Å². The summed E-state index contributed by atoms with van der Waals surface area (Å²) in [5.74, 6) is -0.894. The molecule has 152 valence electrons. The highest BCUT2D eigenvalue weighted by Gasteiger charge is 2.12. The molecule has 30 heavy (non-hydrogen) atoms. The lowest BCUT2D eigenvalue weighted by molar-refractivity contribution is 0.0734. The number of halogens is 2. The minimum absolute atomic E-state index is 0.0348. The second-order valence-electron chi connectivity index (χ2n) is 6.32. The van der Waals surface area contributed by atoms with Gasteiger partial charge < -0.3 is 9.84 Å². The van der Waals surface area contributed by atoms with E-state index in [0.29, 0.717) is 16.9 Å². The van der Waals surface area contributed by atoms with Gasteiger partial charge in [-0.3, -0.25) is 4.79 Å². The van der Waals surface area contributed by atoms with Gasteiger partial charge in [0, 0.05) is 5.56 Å². The number of nitrogens with zero attached hydrogens (tertiary/aromatic N) is 1. The van der Waals surface area contributed by atoms with Crippen LogP contribution in [-0.4, -0.2) is 23.2 Å². The van der Waals surface area contributed by atoms with Crippen LogP contribution in [0.1, 0.15) is 31.8 Å². The molecule has 0 aromatic heterocycles. The Labute approximate surface area is 182 Å². The van der Waals surface area contributed by atoms with Gasteiger partial charge in [0.2, 0.25) is 0 Å². The van der Waals surface area contributed by atoms with E-state index in [4.69, 9.17) is 27.9 Å². The highest BCUT2D eigenvalue weighted by molar-refractivity contribution is 6.37. The third-order valence-corrected chi connectivity index (χ3v) is 4.58. The average Bonchev–Trinajstić information content (AvgIpc) is 2.72. The number of carbonyl (C=O) groups is 2. The molecule has 2 N–H and O–H groups in total. The van der Waals surface area contributed by atoms with Gasteiger partial charge in [0.1, 0.15) is 5.75 Å². The first-order chi connectivity index (χ1) is 14.3. The molecule has 0 unspecified atom stereocenters. The molecule has 0 saturated heterocycles. The van der Waals surface area contributed by atoms with E-state index in [-0.39, 0.29) is 21.4 Å². The van der Waals surface area contributed by atoms with Crippen LogP contribution in [0.3, 0.4) is 0 Å².